The van der Waals surface area contributed by atoms with E-state index in [1.165, 1.54) is 67.4 Å². The molecule has 2 heterocycles. The molecule has 2 aliphatic carbocycles. The Bertz CT molecular complexity index is 1300. The Labute approximate surface area is 210 Å². The van der Waals surface area contributed by atoms with Gasteiger partial charge in [-0.1, -0.05) is 87.4 Å². The zero-order chi connectivity index (χ0) is 23.9. The van der Waals surface area contributed by atoms with Gasteiger partial charge in [-0.25, -0.2) is 0 Å². The highest BCUT2D eigenvalue weighted by atomic mass is 15.1. The first kappa shape index (κ1) is 21.5. The van der Waals surface area contributed by atoms with Crippen molar-refractivity contribution in [3.05, 3.63) is 95.1 Å². The third kappa shape index (κ3) is 2.72. The molecule has 0 radical (unpaired) electrons. The maximum Gasteiger partial charge on any atom is 0.0719 e. The molecule has 0 aromatic heterocycles. The van der Waals surface area contributed by atoms with Gasteiger partial charge in [0.05, 0.1) is 5.54 Å². The normalized spacial score (nSPS) is 36.8. The third-order valence-corrected chi connectivity index (χ3v) is 10.9. The molecule has 2 saturated carbocycles. The van der Waals surface area contributed by atoms with Crippen LogP contribution in [0.15, 0.2) is 72.8 Å². The first-order valence-corrected chi connectivity index (χ1v) is 13.7. The molecule has 0 saturated heterocycles. The maximum absolute atomic E-state index is 4.09. The van der Waals surface area contributed by atoms with Gasteiger partial charge in [0, 0.05) is 27.7 Å². The molecular weight excluding hydrogens is 424 g/mol. The summed E-state index contributed by atoms with van der Waals surface area (Å²) in [6.45, 7) is 7.50. The van der Waals surface area contributed by atoms with Gasteiger partial charge in [-0.15, -0.1) is 0 Å². The molecule has 5 atom stereocenters. The fourth-order valence-electron chi connectivity index (χ4n) is 8.63. The zero-order valence-electron chi connectivity index (χ0n) is 21.5. The Morgan fingerprint density at radius 3 is 2.29 bits per heavy atom. The summed E-state index contributed by atoms with van der Waals surface area (Å²) in [5.41, 5.74) is 9.22. The molecule has 4 aliphatic rings. The van der Waals surface area contributed by atoms with Crippen molar-refractivity contribution in [1.29, 1.82) is 0 Å². The molecule has 7 rings (SSSR count). The lowest BCUT2D eigenvalue weighted by atomic mass is 9.57. The average Bonchev–Trinajstić information content (AvgIpc) is 3.29. The molecule has 2 aliphatic heterocycles. The molecule has 35 heavy (non-hydrogen) atoms. The quantitative estimate of drug-likeness (QED) is 0.400. The molecule has 2 nitrogen and oxygen atoms in total. The lowest BCUT2D eigenvalue weighted by Crippen LogP contribution is -2.52. The number of nitrogens with one attached hydrogen (secondary N) is 2. The predicted molar refractivity (Wildman–Crippen MR) is 146 cm³/mol. The highest BCUT2D eigenvalue weighted by Gasteiger charge is 2.58. The highest BCUT2D eigenvalue weighted by molar-refractivity contribution is 5.68. The topological polar surface area (TPSA) is 24.1 Å². The summed E-state index contributed by atoms with van der Waals surface area (Å²) < 4.78 is 0. The predicted octanol–water partition coefficient (Wildman–Crippen LogP) is 8.25. The van der Waals surface area contributed by atoms with Crippen LogP contribution in [0, 0.1) is 0 Å². The van der Waals surface area contributed by atoms with Crippen LogP contribution in [0.4, 0.5) is 11.4 Å². The summed E-state index contributed by atoms with van der Waals surface area (Å²) >= 11 is 0. The van der Waals surface area contributed by atoms with E-state index in [4.69, 9.17) is 0 Å². The lowest BCUT2D eigenvalue weighted by molar-refractivity contribution is 0.191. The Morgan fingerprint density at radius 1 is 0.686 bits per heavy atom. The van der Waals surface area contributed by atoms with Gasteiger partial charge in [0.25, 0.3) is 0 Å². The van der Waals surface area contributed by atoms with Crippen LogP contribution >= 0.6 is 0 Å². The van der Waals surface area contributed by atoms with E-state index in [9.17, 15) is 0 Å². The average molecular weight is 463 g/mol. The van der Waals surface area contributed by atoms with Crippen LogP contribution in [0.1, 0.15) is 93.9 Å². The monoisotopic (exact) mass is 462 g/mol. The number of rotatable bonds is 2. The van der Waals surface area contributed by atoms with E-state index in [1.54, 1.807) is 11.1 Å². The third-order valence-electron chi connectivity index (χ3n) is 10.9. The van der Waals surface area contributed by atoms with E-state index in [2.05, 4.69) is 104 Å². The van der Waals surface area contributed by atoms with Crippen molar-refractivity contribution < 1.29 is 0 Å². The second kappa shape index (κ2) is 7.15. The Hall–Kier alpha value is -2.74. The van der Waals surface area contributed by atoms with E-state index in [-0.39, 0.29) is 21.9 Å². The number of hydrogen-bond acceptors (Lipinski definition) is 2. The van der Waals surface area contributed by atoms with Crippen LogP contribution in [0.2, 0.25) is 0 Å². The molecule has 0 bridgehead atoms. The van der Waals surface area contributed by atoms with Crippen LogP contribution < -0.4 is 10.6 Å². The van der Waals surface area contributed by atoms with E-state index in [1.807, 2.05) is 0 Å². The zero-order valence-corrected chi connectivity index (χ0v) is 21.5. The summed E-state index contributed by atoms with van der Waals surface area (Å²) in [4.78, 5) is 0. The highest BCUT2D eigenvalue weighted by Crippen LogP contribution is 2.61. The smallest absolute Gasteiger partial charge is 0.0719 e. The van der Waals surface area contributed by atoms with Crippen molar-refractivity contribution in [3.63, 3.8) is 0 Å². The molecule has 180 valence electrons. The molecular formula is C33H38N2. The van der Waals surface area contributed by atoms with E-state index < -0.39 is 0 Å². The van der Waals surface area contributed by atoms with Gasteiger partial charge in [0.2, 0.25) is 0 Å². The number of anilines is 2. The molecule has 1 unspecified atom stereocenters. The van der Waals surface area contributed by atoms with Gasteiger partial charge in [-0.2, -0.15) is 0 Å². The van der Waals surface area contributed by atoms with Crippen LogP contribution in [0.25, 0.3) is 0 Å². The molecule has 0 amide bonds. The van der Waals surface area contributed by atoms with Gasteiger partial charge >= 0.3 is 0 Å². The minimum Gasteiger partial charge on any atom is -0.379 e. The largest absolute Gasteiger partial charge is 0.379 e. The summed E-state index contributed by atoms with van der Waals surface area (Å²) in [5.74, 6) is 0.596. The number of benzene rings is 3. The molecule has 2 heteroatoms. The van der Waals surface area contributed by atoms with Crippen LogP contribution in [-0.4, -0.2) is 5.54 Å². The Kier molecular flexibility index (Phi) is 4.40. The van der Waals surface area contributed by atoms with Gasteiger partial charge in [0.1, 0.15) is 0 Å². The number of fused-ring (bicyclic) bond motifs is 6. The van der Waals surface area contributed by atoms with Crippen LogP contribution in [0.3, 0.4) is 0 Å². The summed E-state index contributed by atoms with van der Waals surface area (Å²) in [6, 6.07) is 27.7. The SMILES string of the molecule is C[C@@]12CCC(c3ccc4c(c3)[C@]3(C)CCCC[C@]3(c3ccccc3)N4)C[C@]1(C)Nc1ccccc12. The van der Waals surface area contributed by atoms with Crippen LogP contribution in [-0.2, 0) is 16.4 Å². The van der Waals surface area contributed by atoms with Crippen molar-refractivity contribution in [3.8, 4) is 0 Å². The van der Waals surface area contributed by atoms with E-state index >= 15 is 0 Å². The van der Waals surface area contributed by atoms with Crippen molar-refractivity contribution in [2.75, 3.05) is 10.6 Å². The summed E-state index contributed by atoms with van der Waals surface area (Å²) in [7, 11) is 0. The standard InChI is InChI=1S/C33H38N2/c1-30-20-17-24(22-32(30,3)34-28-14-8-7-13-26(28)30)23-15-16-29-27(21-23)31(2)18-9-10-19-33(31,35-29)25-11-5-4-6-12-25/h4-8,11-16,21,24,34-35H,9-10,17-20,22H2,1-3H3/t24?,30-,31-,32-,33+/m0/s1. The van der Waals surface area contributed by atoms with Crippen molar-refractivity contribution in [2.24, 2.45) is 0 Å². The molecule has 3 aromatic carbocycles. The molecule has 2 N–H and O–H groups in total. The lowest BCUT2D eigenvalue weighted by Gasteiger charge is -2.49. The van der Waals surface area contributed by atoms with Crippen molar-refractivity contribution in [1.82, 2.24) is 0 Å². The van der Waals surface area contributed by atoms with Crippen molar-refractivity contribution >= 4 is 11.4 Å². The van der Waals surface area contributed by atoms with Gasteiger partial charge in [0.15, 0.2) is 0 Å². The summed E-state index contributed by atoms with van der Waals surface area (Å²) in [5, 5.41) is 8.06. The molecule has 3 aromatic rings. The fraction of sp³-hybridized carbons (Fsp3) is 0.455. The summed E-state index contributed by atoms with van der Waals surface area (Å²) in [6.07, 6.45) is 8.75. The van der Waals surface area contributed by atoms with Gasteiger partial charge in [-0.3, -0.25) is 0 Å². The van der Waals surface area contributed by atoms with E-state index in [0.717, 1.165) is 0 Å². The molecule has 2 fully saturated rings. The first-order valence-electron chi connectivity index (χ1n) is 13.7. The second-order valence-corrected chi connectivity index (χ2v) is 12.5. The molecule has 0 spiro atoms. The second-order valence-electron chi connectivity index (χ2n) is 12.5. The maximum atomic E-state index is 4.09. The van der Waals surface area contributed by atoms with Crippen LogP contribution in [0.5, 0.6) is 0 Å². The van der Waals surface area contributed by atoms with Gasteiger partial charge < -0.3 is 10.6 Å². The Morgan fingerprint density at radius 2 is 1.43 bits per heavy atom. The minimum absolute atomic E-state index is 0.0131. The Balaban J connectivity index is 1.25. The number of para-hydroxylation sites is 1. The van der Waals surface area contributed by atoms with Gasteiger partial charge in [-0.05, 0) is 79.3 Å². The number of hydrogen-bond donors (Lipinski definition) is 2. The van der Waals surface area contributed by atoms with E-state index in [0.29, 0.717) is 5.92 Å². The fourth-order valence-corrected chi connectivity index (χ4v) is 8.63. The minimum atomic E-state index is 0.0131. The first-order chi connectivity index (χ1) is 16.9. The van der Waals surface area contributed by atoms with Crippen molar-refractivity contribution in [2.45, 2.75) is 93.5 Å².